The smallest absolute Gasteiger partial charge is 0.212 e. The summed E-state index contributed by atoms with van der Waals surface area (Å²) in [5.41, 5.74) is 1.14. The molecule has 19 heavy (non-hydrogen) atoms. The Morgan fingerprint density at radius 3 is 2.21 bits per heavy atom. The van der Waals surface area contributed by atoms with Crippen molar-refractivity contribution in [3.05, 3.63) is 65.2 Å². The van der Waals surface area contributed by atoms with Crippen molar-refractivity contribution in [1.82, 2.24) is 0 Å². The topological polar surface area (TPSA) is 34.1 Å². The molecule has 2 aromatic rings. The molecule has 0 aliphatic carbocycles. The van der Waals surface area contributed by atoms with E-state index in [-0.39, 0.29) is 0 Å². The van der Waals surface area contributed by atoms with Crippen LogP contribution in [0.4, 0.5) is 0 Å². The molecule has 0 saturated heterocycles. The first-order valence-electron chi connectivity index (χ1n) is 5.77. The average Bonchev–Trinajstić information content (AvgIpc) is 2.40. The molecule has 0 bridgehead atoms. The minimum atomic E-state index is -3.29. The van der Waals surface area contributed by atoms with Crippen molar-refractivity contribution in [2.45, 2.75) is 11.3 Å². The van der Waals surface area contributed by atoms with Gasteiger partial charge in [0, 0.05) is 10.8 Å². The van der Waals surface area contributed by atoms with E-state index in [0.717, 1.165) is 22.8 Å². The summed E-state index contributed by atoms with van der Waals surface area (Å²) in [7, 11) is -2.33. The molecule has 0 aliphatic heterocycles. The van der Waals surface area contributed by atoms with E-state index in [9.17, 15) is 8.42 Å². The molecule has 0 aliphatic rings. The van der Waals surface area contributed by atoms with E-state index in [1.54, 1.807) is 12.1 Å². The Labute approximate surface area is 122 Å². The molecule has 5 heteroatoms. The maximum atomic E-state index is 12.1. The van der Waals surface area contributed by atoms with E-state index < -0.39 is 8.87 Å². The molecule has 0 saturated carbocycles. The van der Waals surface area contributed by atoms with Crippen LogP contribution in [-0.2, 0) is 15.3 Å². The number of halogens is 1. The highest BCUT2D eigenvalue weighted by atomic mass is 35.5. The Bertz CT molecular complexity index is 622. The third-order valence-electron chi connectivity index (χ3n) is 2.57. The lowest BCUT2D eigenvalue weighted by molar-refractivity contribution is 0.610. The summed E-state index contributed by atoms with van der Waals surface area (Å²) in [5.74, 6) is 0.537. The van der Waals surface area contributed by atoms with Gasteiger partial charge in [-0.2, -0.15) is 0 Å². The summed E-state index contributed by atoms with van der Waals surface area (Å²) in [5, 5.41) is 0.535. The fourth-order valence-electron chi connectivity index (χ4n) is 1.58. The average molecular weight is 313 g/mol. The van der Waals surface area contributed by atoms with Crippen molar-refractivity contribution in [1.29, 1.82) is 0 Å². The number of hydrogen-bond donors (Lipinski definition) is 0. The Balaban J connectivity index is 1.97. The van der Waals surface area contributed by atoms with Crippen LogP contribution in [0.2, 0.25) is 5.02 Å². The summed E-state index contributed by atoms with van der Waals surface area (Å²) in [6.07, 6.45) is 0.734. The first-order valence-corrected chi connectivity index (χ1v) is 9.13. The molecule has 0 radical (unpaired) electrons. The van der Waals surface area contributed by atoms with Gasteiger partial charge >= 0.3 is 0 Å². The van der Waals surface area contributed by atoms with Crippen LogP contribution in [-0.4, -0.2) is 14.2 Å². The van der Waals surface area contributed by atoms with Crippen LogP contribution in [0.3, 0.4) is 0 Å². The molecule has 0 atom stereocenters. The molecule has 2 aromatic carbocycles. The number of benzene rings is 2. The second kappa shape index (κ2) is 6.46. The van der Waals surface area contributed by atoms with Gasteiger partial charge < -0.3 is 0 Å². The Morgan fingerprint density at radius 2 is 1.58 bits per heavy atom. The molecular formula is C14H13ClO2S2. The van der Waals surface area contributed by atoms with Crippen molar-refractivity contribution < 1.29 is 8.42 Å². The summed E-state index contributed by atoms with van der Waals surface area (Å²) in [4.78, 5) is 0.301. The molecule has 2 rings (SSSR count). The predicted octanol–water partition coefficient (Wildman–Crippen LogP) is 4.00. The van der Waals surface area contributed by atoms with E-state index in [1.807, 2.05) is 30.3 Å². The summed E-state index contributed by atoms with van der Waals surface area (Å²) >= 11 is 5.74. The van der Waals surface area contributed by atoms with E-state index in [4.69, 9.17) is 11.6 Å². The van der Waals surface area contributed by atoms with Gasteiger partial charge in [-0.25, -0.2) is 8.42 Å². The fraction of sp³-hybridized carbons (Fsp3) is 0.143. The van der Waals surface area contributed by atoms with Gasteiger partial charge in [-0.15, -0.1) is 0 Å². The Morgan fingerprint density at radius 1 is 0.947 bits per heavy atom. The molecule has 0 N–H and O–H groups in total. The van der Waals surface area contributed by atoms with E-state index in [2.05, 4.69) is 0 Å². The lowest BCUT2D eigenvalue weighted by Gasteiger charge is -2.04. The molecule has 0 unspecified atom stereocenters. The normalized spacial score (nSPS) is 11.4. The number of aryl methyl sites for hydroxylation is 1. The third-order valence-corrected chi connectivity index (χ3v) is 6.37. The molecule has 0 amide bonds. The Hall–Kier alpha value is -0.970. The zero-order valence-corrected chi connectivity index (χ0v) is 12.5. The second-order valence-electron chi connectivity index (χ2n) is 3.97. The second-order valence-corrected chi connectivity index (χ2v) is 8.45. The van der Waals surface area contributed by atoms with Crippen molar-refractivity contribution in [2.24, 2.45) is 0 Å². The zero-order chi connectivity index (χ0) is 13.7. The highest BCUT2D eigenvalue weighted by Gasteiger charge is 2.14. The van der Waals surface area contributed by atoms with E-state index in [0.29, 0.717) is 15.7 Å². The monoisotopic (exact) mass is 312 g/mol. The van der Waals surface area contributed by atoms with Gasteiger partial charge in [0.15, 0.2) is 0 Å². The molecule has 0 aromatic heterocycles. The van der Waals surface area contributed by atoms with Crippen molar-refractivity contribution >= 4 is 31.3 Å². The van der Waals surface area contributed by atoms with Crippen LogP contribution in [0.25, 0.3) is 0 Å². The van der Waals surface area contributed by atoms with Crippen LogP contribution in [0, 0.1) is 0 Å². The van der Waals surface area contributed by atoms with Gasteiger partial charge in [0.2, 0.25) is 8.87 Å². The Kier molecular flexibility index (Phi) is 4.91. The fourth-order valence-corrected chi connectivity index (χ4v) is 4.50. The van der Waals surface area contributed by atoms with Crippen molar-refractivity contribution in [3.8, 4) is 0 Å². The van der Waals surface area contributed by atoms with Gasteiger partial charge in [-0.05, 0) is 47.0 Å². The van der Waals surface area contributed by atoms with Crippen LogP contribution in [0.5, 0.6) is 0 Å². The maximum absolute atomic E-state index is 12.1. The van der Waals surface area contributed by atoms with Gasteiger partial charge in [0.1, 0.15) is 0 Å². The van der Waals surface area contributed by atoms with Crippen LogP contribution < -0.4 is 0 Å². The largest absolute Gasteiger partial charge is 0.230 e. The van der Waals surface area contributed by atoms with Gasteiger partial charge in [0.05, 0.1) is 4.90 Å². The number of rotatable bonds is 5. The quantitative estimate of drug-likeness (QED) is 0.782. The lowest BCUT2D eigenvalue weighted by atomic mass is 10.2. The SMILES string of the molecule is O=S(=O)(SCCc1ccccc1)c1ccc(Cl)cc1. The van der Waals surface area contributed by atoms with Crippen LogP contribution in [0.15, 0.2) is 59.5 Å². The van der Waals surface area contributed by atoms with Crippen LogP contribution in [0.1, 0.15) is 5.56 Å². The van der Waals surface area contributed by atoms with Crippen molar-refractivity contribution in [2.75, 3.05) is 5.75 Å². The molecule has 0 fully saturated rings. The number of hydrogen-bond acceptors (Lipinski definition) is 3. The van der Waals surface area contributed by atoms with Gasteiger partial charge in [-0.1, -0.05) is 41.9 Å². The third kappa shape index (κ3) is 4.27. The highest BCUT2D eigenvalue weighted by molar-refractivity contribution is 8.72. The van der Waals surface area contributed by atoms with Gasteiger partial charge in [0.25, 0.3) is 0 Å². The molecular weight excluding hydrogens is 300 g/mol. The predicted molar refractivity (Wildman–Crippen MR) is 81.2 cm³/mol. The maximum Gasteiger partial charge on any atom is 0.230 e. The highest BCUT2D eigenvalue weighted by Crippen LogP contribution is 2.25. The van der Waals surface area contributed by atoms with E-state index in [1.165, 1.54) is 12.1 Å². The zero-order valence-electron chi connectivity index (χ0n) is 10.1. The minimum absolute atomic E-state index is 0.301. The lowest BCUT2D eigenvalue weighted by Crippen LogP contribution is -1.98. The summed E-state index contributed by atoms with van der Waals surface area (Å²) in [6.45, 7) is 0. The molecule has 0 spiro atoms. The van der Waals surface area contributed by atoms with Crippen molar-refractivity contribution in [3.63, 3.8) is 0 Å². The first kappa shape index (κ1) is 14.4. The molecule has 100 valence electrons. The summed E-state index contributed by atoms with van der Waals surface area (Å²) in [6, 6.07) is 16.1. The molecule has 2 nitrogen and oxygen atoms in total. The minimum Gasteiger partial charge on any atom is -0.212 e. The van der Waals surface area contributed by atoms with Crippen LogP contribution >= 0.6 is 22.4 Å². The molecule has 0 heterocycles. The van der Waals surface area contributed by atoms with Gasteiger partial charge in [-0.3, -0.25) is 0 Å². The van der Waals surface area contributed by atoms with E-state index >= 15 is 0 Å². The first-order chi connectivity index (χ1) is 9.08. The summed E-state index contributed by atoms with van der Waals surface area (Å²) < 4.78 is 24.1. The standard InChI is InChI=1S/C14H13ClO2S2/c15-13-6-8-14(9-7-13)19(16,17)18-11-10-12-4-2-1-3-5-12/h1-9H,10-11H2.